The third-order valence-electron chi connectivity index (χ3n) is 4.08. The van der Waals surface area contributed by atoms with E-state index in [1.54, 1.807) is 36.4 Å². The number of benzene rings is 3. The first-order valence-corrected chi connectivity index (χ1v) is 9.33. The Kier molecular flexibility index (Phi) is 7.16. The molecule has 3 amide bonds. The van der Waals surface area contributed by atoms with E-state index in [0.29, 0.717) is 11.4 Å². The molecule has 0 radical (unpaired) electrons. The molecule has 0 aromatic heterocycles. The van der Waals surface area contributed by atoms with Gasteiger partial charge in [0.1, 0.15) is 5.75 Å². The van der Waals surface area contributed by atoms with Crippen molar-refractivity contribution in [3.05, 3.63) is 90.0 Å². The molecule has 0 aliphatic carbocycles. The van der Waals surface area contributed by atoms with Crippen LogP contribution in [0.1, 0.15) is 11.1 Å². The van der Waals surface area contributed by atoms with Gasteiger partial charge in [0, 0.05) is 11.4 Å². The fraction of sp³-hybridized carbons (Fsp3) is 0.0870. The molecule has 7 nitrogen and oxygen atoms in total. The fourth-order valence-corrected chi connectivity index (χ4v) is 2.54. The minimum atomic E-state index is -0.433. The molecule has 0 heterocycles. The zero-order valence-corrected chi connectivity index (χ0v) is 16.5. The van der Waals surface area contributed by atoms with Crippen LogP contribution in [0, 0.1) is 6.92 Å². The van der Waals surface area contributed by atoms with Crippen LogP contribution in [-0.4, -0.2) is 24.8 Å². The minimum absolute atomic E-state index is 0.0943. The number of rotatable bonds is 7. The van der Waals surface area contributed by atoms with Gasteiger partial charge in [-0.2, -0.15) is 5.10 Å². The van der Waals surface area contributed by atoms with Crippen molar-refractivity contribution in [1.82, 2.24) is 5.43 Å². The van der Waals surface area contributed by atoms with Gasteiger partial charge in [-0.1, -0.05) is 36.4 Å². The second kappa shape index (κ2) is 10.4. The monoisotopic (exact) mass is 402 g/mol. The Morgan fingerprint density at radius 2 is 1.60 bits per heavy atom. The van der Waals surface area contributed by atoms with Crippen molar-refractivity contribution in [3.63, 3.8) is 0 Å². The number of hydrogen-bond donors (Lipinski definition) is 3. The van der Waals surface area contributed by atoms with Crippen LogP contribution in [0.2, 0.25) is 0 Å². The number of hydrogen-bond acceptors (Lipinski definition) is 4. The molecular formula is C23H22N4O3. The molecule has 0 aliphatic rings. The molecular weight excluding hydrogens is 380 g/mol. The third kappa shape index (κ3) is 6.49. The van der Waals surface area contributed by atoms with Gasteiger partial charge < -0.3 is 15.4 Å². The molecule has 0 saturated heterocycles. The number of carbonyl (C=O) groups excluding carboxylic acids is 2. The van der Waals surface area contributed by atoms with Crippen molar-refractivity contribution in [3.8, 4) is 5.75 Å². The van der Waals surface area contributed by atoms with E-state index < -0.39 is 6.03 Å². The predicted octanol–water partition coefficient (Wildman–Crippen LogP) is 4.17. The maximum atomic E-state index is 12.0. The summed E-state index contributed by atoms with van der Waals surface area (Å²) in [5, 5.41) is 9.38. The molecule has 3 aromatic rings. The average Bonchev–Trinajstić information content (AvgIpc) is 2.75. The Balaban J connectivity index is 1.43. The highest BCUT2D eigenvalue weighted by molar-refractivity contribution is 5.92. The van der Waals surface area contributed by atoms with Crippen LogP contribution >= 0.6 is 0 Å². The summed E-state index contributed by atoms with van der Waals surface area (Å²) in [6.45, 7) is 1.83. The van der Waals surface area contributed by atoms with Crippen LogP contribution in [0.5, 0.6) is 5.75 Å². The van der Waals surface area contributed by atoms with Gasteiger partial charge in [0.2, 0.25) is 0 Å². The molecule has 0 atom stereocenters. The van der Waals surface area contributed by atoms with E-state index in [4.69, 9.17) is 4.74 Å². The van der Waals surface area contributed by atoms with Crippen LogP contribution in [0.4, 0.5) is 16.2 Å². The average molecular weight is 402 g/mol. The third-order valence-corrected chi connectivity index (χ3v) is 4.08. The molecule has 0 unspecified atom stereocenters. The second-order valence-electron chi connectivity index (χ2n) is 6.41. The van der Waals surface area contributed by atoms with Crippen LogP contribution in [0.3, 0.4) is 0 Å². The molecule has 0 aliphatic heterocycles. The largest absolute Gasteiger partial charge is 0.484 e. The molecule has 3 N–H and O–H groups in total. The highest BCUT2D eigenvalue weighted by Gasteiger charge is 2.05. The Bertz CT molecular complexity index is 1020. The van der Waals surface area contributed by atoms with Crippen LogP contribution in [0.25, 0.3) is 0 Å². The first-order chi connectivity index (χ1) is 14.6. The van der Waals surface area contributed by atoms with E-state index in [-0.39, 0.29) is 12.5 Å². The lowest BCUT2D eigenvalue weighted by molar-refractivity contribution is -0.118. The summed E-state index contributed by atoms with van der Waals surface area (Å²) in [5.41, 5.74) is 5.60. The summed E-state index contributed by atoms with van der Waals surface area (Å²) in [4.78, 5) is 23.8. The summed E-state index contributed by atoms with van der Waals surface area (Å²) in [5.74, 6) is 0.324. The van der Waals surface area contributed by atoms with Gasteiger partial charge in [0.15, 0.2) is 6.61 Å². The molecule has 7 heteroatoms. The smallest absolute Gasteiger partial charge is 0.339 e. The minimum Gasteiger partial charge on any atom is -0.484 e. The predicted molar refractivity (Wildman–Crippen MR) is 118 cm³/mol. The quantitative estimate of drug-likeness (QED) is 0.409. The highest BCUT2D eigenvalue weighted by atomic mass is 16.5. The molecule has 0 saturated carbocycles. The summed E-state index contributed by atoms with van der Waals surface area (Å²) in [6.07, 6.45) is 1.51. The van der Waals surface area contributed by atoms with Crippen molar-refractivity contribution >= 4 is 29.5 Å². The lowest BCUT2D eigenvalue weighted by Gasteiger charge is -2.09. The van der Waals surface area contributed by atoms with E-state index in [1.165, 1.54) is 6.21 Å². The molecule has 30 heavy (non-hydrogen) atoms. The Hall–Kier alpha value is -4.13. The standard InChI is InChI=1S/C23H22N4O3/c1-17-7-5-6-10-21(17)26-22(28)16-30-20-13-11-18(12-14-20)15-24-27-23(29)25-19-8-3-2-4-9-19/h2-15H,16H2,1H3,(H,26,28)(H2,25,27,29)/b24-15+. The topological polar surface area (TPSA) is 91.8 Å². The van der Waals surface area contributed by atoms with E-state index in [1.807, 2.05) is 49.4 Å². The lowest BCUT2D eigenvalue weighted by Crippen LogP contribution is -2.24. The number of para-hydroxylation sites is 2. The Labute approximate surface area is 174 Å². The Morgan fingerprint density at radius 3 is 2.33 bits per heavy atom. The van der Waals surface area contributed by atoms with Gasteiger partial charge in [-0.15, -0.1) is 0 Å². The van der Waals surface area contributed by atoms with Gasteiger partial charge >= 0.3 is 6.03 Å². The maximum Gasteiger partial charge on any atom is 0.339 e. The molecule has 3 rings (SSSR count). The summed E-state index contributed by atoms with van der Waals surface area (Å²) in [6, 6.07) is 23.2. The van der Waals surface area contributed by atoms with Crippen LogP contribution in [-0.2, 0) is 4.79 Å². The zero-order valence-electron chi connectivity index (χ0n) is 16.5. The number of nitrogens with zero attached hydrogens (tertiary/aromatic N) is 1. The summed E-state index contributed by atoms with van der Waals surface area (Å²) in [7, 11) is 0. The number of hydrazone groups is 1. The second-order valence-corrected chi connectivity index (χ2v) is 6.41. The van der Waals surface area contributed by atoms with Crippen LogP contribution in [0.15, 0.2) is 84.0 Å². The maximum absolute atomic E-state index is 12.0. The number of anilines is 2. The number of urea groups is 1. The molecule has 0 bridgehead atoms. The number of ether oxygens (including phenoxy) is 1. The van der Waals surface area contributed by atoms with E-state index in [9.17, 15) is 9.59 Å². The highest BCUT2D eigenvalue weighted by Crippen LogP contribution is 2.14. The first-order valence-electron chi connectivity index (χ1n) is 9.33. The van der Waals surface area contributed by atoms with Gasteiger partial charge in [0.25, 0.3) is 5.91 Å². The molecule has 0 spiro atoms. The van der Waals surface area contributed by atoms with Gasteiger partial charge in [0.05, 0.1) is 6.21 Å². The summed E-state index contributed by atoms with van der Waals surface area (Å²) < 4.78 is 5.51. The van der Waals surface area contributed by atoms with Crippen molar-refractivity contribution in [2.45, 2.75) is 6.92 Å². The van der Waals surface area contributed by atoms with Gasteiger partial charge in [-0.05, 0) is 60.5 Å². The number of nitrogens with one attached hydrogen (secondary N) is 3. The summed E-state index contributed by atoms with van der Waals surface area (Å²) >= 11 is 0. The number of carbonyl (C=O) groups is 2. The van der Waals surface area contributed by atoms with Crippen molar-refractivity contribution in [2.24, 2.45) is 5.10 Å². The van der Waals surface area contributed by atoms with Crippen molar-refractivity contribution in [2.75, 3.05) is 17.2 Å². The Morgan fingerprint density at radius 1 is 0.900 bits per heavy atom. The van der Waals surface area contributed by atoms with E-state index in [2.05, 4.69) is 21.2 Å². The normalized spacial score (nSPS) is 10.4. The lowest BCUT2D eigenvalue weighted by atomic mass is 10.2. The number of aryl methyl sites for hydroxylation is 1. The van der Waals surface area contributed by atoms with Gasteiger partial charge in [-0.3, -0.25) is 4.79 Å². The SMILES string of the molecule is Cc1ccccc1NC(=O)COc1ccc(/C=N/NC(=O)Nc2ccccc2)cc1. The number of amides is 3. The van der Waals surface area contributed by atoms with Crippen LogP contribution < -0.4 is 20.8 Å². The van der Waals surface area contributed by atoms with E-state index in [0.717, 1.165) is 16.8 Å². The first kappa shape index (κ1) is 20.6. The fourth-order valence-electron chi connectivity index (χ4n) is 2.54. The van der Waals surface area contributed by atoms with Crippen molar-refractivity contribution in [1.29, 1.82) is 0 Å². The van der Waals surface area contributed by atoms with E-state index >= 15 is 0 Å². The molecule has 0 fully saturated rings. The molecule has 152 valence electrons. The zero-order chi connectivity index (χ0) is 21.2. The van der Waals surface area contributed by atoms with Gasteiger partial charge in [-0.25, -0.2) is 10.2 Å². The van der Waals surface area contributed by atoms with Crippen molar-refractivity contribution < 1.29 is 14.3 Å². The molecule has 3 aromatic carbocycles.